The number of hydrogen-bond acceptors (Lipinski definition) is 6. The van der Waals surface area contributed by atoms with Crippen molar-refractivity contribution in [1.29, 1.82) is 0 Å². The molecule has 32 heavy (non-hydrogen) atoms. The van der Waals surface area contributed by atoms with Gasteiger partial charge >= 0.3 is 6.03 Å². The van der Waals surface area contributed by atoms with Gasteiger partial charge < -0.3 is 10.2 Å². The predicted molar refractivity (Wildman–Crippen MR) is 124 cm³/mol. The summed E-state index contributed by atoms with van der Waals surface area (Å²) in [4.78, 5) is 27.8. The van der Waals surface area contributed by atoms with Gasteiger partial charge in [0.1, 0.15) is 11.5 Å². The molecule has 1 atom stereocenters. The topological polar surface area (TPSA) is 112 Å². The minimum Gasteiger partial charge on any atom is -0.329 e. The molecule has 1 unspecified atom stereocenters. The Kier molecular flexibility index (Phi) is 6.37. The van der Waals surface area contributed by atoms with E-state index in [9.17, 15) is 4.79 Å². The number of H-pyrrole nitrogens is 1. The summed E-state index contributed by atoms with van der Waals surface area (Å²) < 4.78 is 0. The normalized spacial score (nSPS) is 12.1. The van der Waals surface area contributed by atoms with Crippen LogP contribution in [0.25, 0.3) is 22.2 Å². The van der Waals surface area contributed by atoms with Gasteiger partial charge in [0.2, 0.25) is 0 Å². The molecule has 4 heterocycles. The van der Waals surface area contributed by atoms with E-state index >= 15 is 0 Å². The van der Waals surface area contributed by atoms with Crippen LogP contribution in [0.4, 0.5) is 10.6 Å². The molecule has 9 heteroatoms. The summed E-state index contributed by atoms with van der Waals surface area (Å²) in [6.45, 7) is 2.76. The molecule has 0 radical (unpaired) electrons. The fraction of sp³-hybridized carbons (Fsp3) is 0.261. The Hall–Kier alpha value is -3.85. The lowest BCUT2D eigenvalue weighted by Gasteiger charge is -2.20. The smallest absolute Gasteiger partial charge is 0.320 e. The molecule has 0 spiro atoms. The molecule has 0 bridgehead atoms. The van der Waals surface area contributed by atoms with Crippen molar-refractivity contribution in [3.8, 4) is 11.3 Å². The maximum absolute atomic E-state index is 12.7. The maximum Gasteiger partial charge on any atom is 0.320 e. The van der Waals surface area contributed by atoms with E-state index in [1.807, 2.05) is 51.4 Å². The Morgan fingerprint density at radius 3 is 2.75 bits per heavy atom. The third-order valence-corrected chi connectivity index (χ3v) is 5.07. The molecule has 0 aliphatic rings. The highest BCUT2D eigenvalue weighted by Crippen LogP contribution is 2.27. The van der Waals surface area contributed by atoms with E-state index in [-0.39, 0.29) is 12.1 Å². The summed E-state index contributed by atoms with van der Waals surface area (Å²) in [5, 5.41) is 14.1. The van der Waals surface area contributed by atoms with Crippen LogP contribution in [-0.4, -0.2) is 56.7 Å². The van der Waals surface area contributed by atoms with E-state index in [0.717, 1.165) is 46.5 Å². The highest BCUT2D eigenvalue weighted by Gasteiger charge is 2.17. The average Bonchev–Trinajstić information content (AvgIpc) is 3.20. The van der Waals surface area contributed by atoms with Crippen LogP contribution < -0.4 is 10.6 Å². The first-order chi connectivity index (χ1) is 15.5. The molecule has 4 aromatic heterocycles. The molecule has 4 aromatic rings. The van der Waals surface area contributed by atoms with Gasteiger partial charge in [0, 0.05) is 41.3 Å². The number of anilines is 1. The van der Waals surface area contributed by atoms with Crippen LogP contribution >= 0.6 is 0 Å². The van der Waals surface area contributed by atoms with E-state index in [0.29, 0.717) is 5.82 Å². The zero-order valence-corrected chi connectivity index (χ0v) is 18.3. The standard InChI is InChI=1S/C23H26N8O/c1-15-12-16(7-10-24-15)22-17-14-26-21(13-20(17)29-30-22)28-23(32)27-19(8-11-31(2)3)18-6-4-5-9-25-18/h4-7,9-10,12-14,19H,8,11H2,1-3H3,(H,29,30)(H2,26,27,28,32). The number of aryl methyl sites for hydroxylation is 1. The zero-order chi connectivity index (χ0) is 22.5. The number of nitrogens with zero attached hydrogens (tertiary/aromatic N) is 5. The molecule has 0 saturated carbocycles. The summed E-state index contributed by atoms with van der Waals surface area (Å²) in [6.07, 6.45) is 5.93. The molecule has 3 N–H and O–H groups in total. The largest absolute Gasteiger partial charge is 0.329 e. The van der Waals surface area contributed by atoms with Gasteiger partial charge in [-0.3, -0.25) is 20.4 Å². The number of aromatic nitrogens is 5. The second-order valence-corrected chi connectivity index (χ2v) is 7.87. The molecule has 0 fully saturated rings. The Balaban J connectivity index is 1.49. The van der Waals surface area contributed by atoms with Crippen LogP contribution in [0.15, 0.2) is 55.0 Å². The highest BCUT2D eigenvalue weighted by molar-refractivity contribution is 5.95. The molecule has 164 valence electrons. The molecule has 2 amide bonds. The Bertz CT molecular complexity index is 1210. The summed E-state index contributed by atoms with van der Waals surface area (Å²) in [5.74, 6) is 0.434. The lowest BCUT2D eigenvalue weighted by molar-refractivity contribution is 0.246. The summed E-state index contributed by atoms with van der Waals surface area (Å²) in [7, 11) is 4.00. The second-order valence-electron chi connectivity index (χ2n) is 7.87. The predicted octanol–water partition coefficient (Wildman–Crippen LogP) is 3.54. The molecule has 0 aliphatic carbocycles. The van der Waals surface area contributed by atoms with E-state index in [4.69, 9.17) is 0 Å². The van der Waals surface area contributed by atoms with Crippen molar-refractivity contribution >= 4 is 22.8 Å². The second kappa shape index (κ2) is 9.52. The van der Waals surface area contributed by atoms with Gasteiger partial charge in [-0.1, -0.05) is 6.07 Å². The van der Waals surface area contributed by atoms with Crippen molar-refractivity contribution in [3.05, 3.63) is 66.4 Å². The fourth-order valence-corrected chi connectivity index (χ4v) is 3.47. The number of carbonyl (C=O) groups excluding carboxylic acids is 1. The van der Waals surface area contributed by atoms with Gasteiger partial charge in [-0.05, 0) is 58.3 Å². The quantitative estimate of drug-likeness (QED) is 0.413. The number of rotatable bonds is 7. The molecule has 4 rings (SSSR count). The van der Waals surface area contributed by atoms with Crippen LogP contribution in [0.1, 0.15) is 23.9 Å². The molecule has 9 nitrogen and oxygen atoms in total. The van der Waals surface area contributed by atoms with Crippen LogP contribution in [0.2, 0.25) is 0 Å². The first-order valence-electron chi connectivity index (χ1n) is 10.4. The average molecular weight is 431 g/mol. The summed E-state index contributed by atoms with van der Waals surface area (Å²) >= 11 is 0. The zero-order valence-electron chi connectivity index (χ0n) is 18.3. The number of fused-ring (bicyclic) bond motifs is 1. The number of amides is 2. The number of carbonyl (C=O) groups is 1. The van der Waals surface area contributed by atoms with Crippen LogP contribution in [0, 0.1) is 6.92 Å². The minimum absolute atomic E-state index is 0.212. The molecule has 0 saturated heterocycles. The lowest BCUT2D eigenvalue weighted by atomic mass is 10.1. The Morgan fingerprint density at radius 1 is 1.12 bits per heavy atom. The number of nitrogens with one attached hydrogen (secondary N) is 3. The van der Waals surface area contributed by atoms with Crippen LogP contribution in [0.3, 0.4) is 0 Å². The van der Waals surface area contributed by atoms with Crippen molar-refractivity contribution in [1.82, 2.24) is 35.4 Å². The van der Waals surface area contributed by atoms with E-state index in [1.54, 1.807) is 24.7 Å². The monoisotopic (exact) mass is 430 g/mol. The third kappa shape index (κ3) is 5.06. The number of hydrogen-bond donors (Lipinski definition) is 3. The summed E-state index contributed by atoms with van der Waals surface area (Å²) in [6, 6.07) is 10.8. The van der Waals surface area contributed by atoms with Crippen LogP contribution in [-0.2, 0) is 0 Å². The van der Waals surface area contributed by atoms with Gasteiger partial charge in [-0.15, -0.1) is 0 Å². The first-order valence-corrected chi connectivity index (χ1v) is 10.4. The van der Waals surface area contributed by atoms with Crippen LogP contribution in [0.5, 0.6) is 0 Å². The van der Waals surface area contributed by atoms with Gasteiger partial charge in [-0.25, -0.2) is 9.78 Å². The maximum atomic E-state index is 12.7. The van der Waals surface area contributed by atoms with Crippen molar-refractivity contribution < 1.29 is 4.79 Å². The fourth-order valence-electron chi connectivity index (χ4n) is 3.47. The van der Waals surface area contributed by atoms with Crippen molar-refractivity contribution in [2.24, 2.45) is 0 Å². The van der Waals surface area contributed by atoms with Crippen molar-refractivity contribution in [2.75, 3.05) is 26.0 Å². The first kappa shape index (κ1) is 21.4. The molecule has 0 aliphatic heterocycles. The SMILES string of the molecule is Cc1cc(-c2n[nH]c3cc(NC(=O)NC(CCN(C)C)c4ccccn4)ncc23)ccn1. The summed E-state index contributed by atoms with van der Waals surface area (Å²) in [5.41, 5.74) is 4.28. The lowest BCUT2D eigenvalue weighted by Crippen LogP contribution is -2.34. The minimum atomic E-state index is -0.337. The Labute approximate surface area is 186 Å². The Morgan fingerprint density at radius 2 is 2.00 bits per heavy atom. The molecular formula is C23H26N8O. The van der Waals surface area contributed by atoms with E-state index in [1.165, 1.54) is 0 Å². The van der Waals surface area contributed by atoms with Gasteiger partial charge in [0.05, 0.1) is 17.3 Å². The van der Waals surface area contributed by atoms with Gasteiger partial charge in [0.15, 0.2) is 0 Å². The molecule has 0 aromatic carbocycles. The number of pyridine rings is 3. The van der Waals surface area contributed by atoms with E-state index < -0.39 is 0 Å². The van der Waals surface area contributed by atoms with E-state index in [2.05, 4.69) is 40.7 Å². The number of urea groups is 1. The molecular weight excluding hydrogens is 404 g/mol. The number of aromatic amines is 1. The van der Waals surface area contributed by atoms with Gasteiger partial charge in [0.25, 0.3) is 0 Å². The third-order valence-electron chi connectivity index (χ3n) is 5.07. The highest BCUT2D eigenvalue weighted by atomic mass is 16.2. The van der Waals surface area contributed by atoms with Crippen molar-refractivity contribution in [3.63, 3.8) is 0 Å². The van der Waals surface area contributed by atoms with Gasteiger partial charge in [-0.2, -0.15) is 5.10 Å². The van der Waals surface area contributed by atoms with Crippen molar-refractivity contribution in [2.45, 2.75) is 19.4 Å².